The zero-order chi connectivity index (χ0) is 21.5. The summed E-state index contributed by atoms with van der Waals surface area (Å²) in [5, 5.41) is 3.77. The molecule has 0 radical (unpaired) electrons. The highest BCUT2D eigenvalue weighted by atomic mass is 19.3. The lowest BCUT2D eigenvalue weighted by molar-refractivity contribution is 0.0446. The van der Waals surface area contributed by atoms with Gasteiger partial charge in [0.25, 0.3) is 12.3 Å². The van der Waals surface area contributed by atoms with Crippen molar-refractivity contribution in [3.05, 3.63) is 65.0 Å². The second kappa shape index (κ2) is 7.95. The second-order valence-electron chi connectivity index (χ2n) is 8.38. The molecule has 7 heteroatoms. The maximum atomic E-state index is 13.3. The molecule has 0 N–H and O–H groups in total. The Kier molecular flexibility index (Phi) is 5.49. The van der Waals surface area contributed by atoms with Gasteiger partial charge in [0.15, 0.2) is 0 Å². The van der Waals surface area contributed by atoms with Gasteiger partial charge in [-0.15, -0.1) is 6.58 Å². The smallest absolute Gasteiger partial charge is 0.282 e. The summed E-state index contributed by atoms with van der Waals surface area (Å²) in [6.07, 6.45) is 2.84. The first-order valence-electron chi connectivity index (χ1n) is 10.3. The van der Waals surface area contributed by atoms with Crippen molar-refractivity contribution in [1.29, 1.82) is 0 Å². The molecule has 4 rings (SSSR count). The zero-order valence-electron chi connectivity index (χ0n) is 17.4. The van der Waals surface area contributed by atoms with E-state index in [1.807, 2.05) is 0 Å². The molecule has 2 heterocycles. The number of ether oxygens (including phenoxy) is 1. The van der Waals surface area contributed by atoms with Gasteiger partial charge in [-0.3, -0.25) is 9.48 Å². The van der Waals surface area contributed by atoms with E-state index in [1.165, 1.54) is 27.6 Å². The minimum atomic E-state index is -2.77. The van der Waals surface area contributed by atoms with Crippen molar-refractivity contribution in [2.75, 3.05) is 19.7 Å². The molecular weight excluding hydrogens is 388 g/mol. The first-order chi connectivity index (χ1) is 14.3. The lowest BCUT2D eigenvalue weighted by Gasteiger charge is -2.40. The molecule has 1 fully saturated rings. The van der Waals surface area contributed by atoms with Crippen LogP contribution < -0.4 is 0 Å². The van der Waals surface area contributed by atoms with E-state index in [1.54, 1.807) is 18.0 Å². The van der Waals surface area contributed by atoms with Crippen LogP contribution in [0.15, 0.2) is 37.1 Å². The first-order valence-corrected chi connectivity index (χ1v) is 10.3. The number of amides is 1. The minimum Gasteiger partial charge on any atom is -0.369 e. The van der Waals surface area contributed by atoms with Crippen molar-refractivity contribution >= 4 is 5.91 Å². The standard InChI is InChI=1S/C23H27F2N3O2/c1-4-11-30-19-13-23(18-12-15(2)5-6-16(18)19)7-9-28(10-8-23)22(29)17-14-27(3)26-20(17)21(24)25/h4-6,12,14,19,21H,1,7-11,13H2,2-3H3/t19-/m1/s1. The Morgan fingerprint density at radius 3 is 2.80 bits per heavy atom. The fraction of sp³-hybridized carbons (Fsp3) is 0.478. The Bertz CT molecular complexity index is 961. The number of hydrogen-bond acceptors (Lipinski definition) is 3. The van der Waals surface area contributed by atoms with E-state index < -0.39 is 12.1 Å². The zero-order valence-corrected chi connectivity index (χ0v) is 17.4. The Balaban J connectivity index is 1.55. The van der Waals surface area contributed by atoms with Gasteiger partial charge in [0.05, 0.1) is 18.3 Å². The van der Waals surface area contributed by atoms with Crippen molar-refractivity contribution < 1.29 is 18.3 Å². The quantitative estimate of drug-likeness (QED) is 0.676. The lowest BCUT2D eigenvalue weighted by Crippen LogP contribution is -2.44. The Labute approximate surface area is 175 Å². The van der Waals surface area contributed by atoms with Crippen molar-refractivity contribution in [3.63, 3.8) is 0 Å². The predicted octanol–water partition coefficient (Wildman–Crippen LogP) is 4.49. The maximum absolute atomic E-state index is 13.3. The molecule has 1 atom stereocenters. The van der Waals surface area contributed by atoms with Crippen molar-refractivity contribution in [1.82, 2.24) is 14.7 Å². The van der Waals surface area contributed by atoms with Gasteiger partial charge in [-0.1, -0.05) is 29.8 Å². The number of benzene rings is 1. The summed E-state index contributed by atoms with van der Waals surface area (Å²) in [5.74, 6) is -0.366. The number of piperidine rings is 1. The van der Waals surface area contributed by atoms with Crippen LogP contribution in [0.25, 0.3) is 0 Å². The summed E-state index contributed by atoms with van der Waals surface area (Å²) >= 11 is 0. The van der Waals surface area contributed by atoms with Gasteiger partial charge in [-0.25, -0.2) is 8.78 Å². The molecule has 0 unspecified atom stereocenters. The highest BCUT2D eigenvalue weighted by molar-refractivity contribution is 5.95. The number of nitrogens with zero attached hydrogens (tertiary/aromatic N) is 3. The van der Waals surface area contributed by atoms with E-state index in [4.69, 9.17) is 4.74 Å². The van der Waals surface area contributed by atoms with Gasteiger partial charge in [0.2, 0.25) is 0 Å². The average molecular weight is 415 g/mol. The molecule has 2 aliphatic rings. The third-order valence-electron chi connectivity index (χ3n) is 6.42. The van der Waals surface area contributed by atoms with Crippen LogP contribution >= 0.6 is 0 Å². The van der Waals surface area contributed by atoms with E-state index in [2.05, 4.69) is 36.8 Å². The number of rotatable bonds is 5. The first kappa shape index (κ1) is 20.7. The molecule has 0 bridgehead atoms. The van der Waals surface area contributed by atoms with Gasteiger partial charge in [0.1, 0.15) is 5.69 Å². The molecule has 1 aliphatic heterocycles. The molecule has 2 aromatic rings. The van der Waals surface area contributed by atoms with Gasteiger partial charge >= 0.3 is 0 Å². The highest BCUT2D eigenvalue weighted by Crippen LogP contribution is 2.52. The van der Waals surface area contributed by atoms with Crippen LogP contribution in [0.3, 0.4) is 0 Å². The van der Waals surface area contributed by atoms with Crippen molar-refractivity contribution in [2.45, 2.75) is 44.1 Å². The molecule has 1 aromatic carbocycles. The molecule has 5 nitrogen and oxygen atoms in total. The number of aromatic nitrogens is 2. The number of carbonyl (C=O) groups is 1. The number of alkyl halides is 2. The predicted molar refractivity (Wildman–Crippen MR) is 110 cm³/mol. The number of aryl methyl sites for hydroxylation is 2. The number of carbonyl (C=O) groups excluding carboxylic acids is 1. The Morgan fingerprint density at radius 1 is 1.40 bits per heavy atom. The number of hydrogen-bond donors (Lipinski definition) is 0. The number of fused-ring (bicyclic) bond motifs is 2. The van der Waals surface area contributed by atoms with Crippen LogP contribution in [0.2, 0.25) is 0 Å². The van der Waals surface area contributed by atoms with E-state index in [9.17, 15) is 13.6 Å². The highest BCUT2D eigenvalue weighted by Gasteiger charge is 2.46. The van der Waals surface area contributed by atoms with Gasteiger partial charge in [-0.2, -0.15) is 5.10 Å². The summed E-state index contributed by atoms with van der Waals surface area (Å²) in [7, 11) is 1.55. The third kappa shape index (κ3) is 3.55. The largest absolute Gasteiger partial charge is 0.369 e. The fourth-order valence-electron chi connectivity index (χ4n) is 4.93. The normalized spacial score (nSPS) is 20.0. The second-order valence-corrected chi connectivity index (χ2v) is 8.38. The molecule has 1 aliphatic carbocycles. The summed E-state index contributed by atoms with van der Waals surface area (Å²) < 4.78 is 33.9. The van der Waals surface area contributed by atoms with Gasteiger partial charge in [-0.05, 0) is 37.3 Å². The average Bonchev–Trinajstić information content (AvgIpc) is 3.25. The fourth-order valence-corrected chi connectivity index (χ4v) is 4.93. The van der Waals surface area contributed by atoms with Crippen LogP contribution in [0.1, 0.15) is 64.5 Å². The molecule has 1 spiro atoms. The molecule has 30 heavy (non-hydrogen) atoms. The van der Waals surface area contributed by atoms with Gasteiger partial charge < -0.3 is 9.64 Å². The van der Waals surface area contributed by atoms with Crippen LogP contribution in [-0.2, 0) is 17.2 Å². The van der Waals surface area contributed by atoms with Crippen molar-refractivity contribution in [3.8, 4) is 0 Å². The van der Waals surface area contributed by atoms with E-state index >= 15 is 0 Å². The summed E-state index contributed by atoms with van der Waals surface area (Å²) in [6.45, 7) is 7.38. The van der Waals surface area contributed by atoms with Crippen LogP contribution in [0.4, 0.5) is 8.78 Å². The Hall–Kier alpha value is -2.54. The molecule has 160 valence electrons. The van der Waals surface area contributed by atoms with E-state index in [-0.39, 0.29) is 23.0 Å². The Morgan fingerprint density at radius 2 is 2.13 bits per heavy atom. The van der Waals surface area contributed by atoms with Crippen molar-refractivity contribution in [2.24, 2.45) is 7.05 Å². The summed E-state index contributed by atoms with van der Waals surface area (Å²) in [6, 6.07) is 6.49. The minimum absolute atomic E-state index is 0.00157. The molecule has 1 aromatic heterocycles. The van der Waals surface area contributed by atoms with Crippen LogP contribution in [0, 0.1) is 6.92 Å². The third-order valence-corrected chi connectivity index (χ3v) is 6.42. The topological polar surface area (TPSA) is 47.4 Å². The number of likely N-dealkylation sites (tertiary alicyclic amines) is 1. The van der Waals surface area contributed by atoms with Crippen LogP contribution in [0.5, 0.6) is 0 Å². The van der Waals surface area contributed by atoms with E-state index in [0.29, 0.717) is 19.7 Å². The molecule has 1 saturated heterocycles. The summed E-state index contributed by atoms with van der Waals surface area (Å²) in [4.78, 5) is 14.6. The number of halogens is 2. The monoisotopic (exact) mass is 415 g/mol. The van der Waals surface area contributed by atoms with Gasteiger partial charge in [0, 0.05) is 31.7 Å². The lowest BCUT2D eigenvalue weighted by atomic mass is 9.73. The van der Waals surface area contributed by atoms with Crippen LogP contribution in [-0.4, -0.2) is 40.3 Å². The summed E-state index contributed by atoms with van der Waals surface area (Å²) in [5.41, 5.74) is 3.23. The molecular formula is C23H27F2N3O2. The molecule has 1 amide bonds. The SMILES string of the molecule is C=CCO[C@@H]1CC2(CCN(C(=O)c3cn(C)nc3C(F)F)CC2)c2cc(C)ccc21. The maximum Gasteiger partial charge on any atom is 0.282 e. The molecule has 0 saturated carbocycles. The van der Waals surface area contributed by atoms with E-state index in [0.717, 1.165) is 19.3 Å².